The molecule has 7 heteroatoms. The predicted molar refractivity (Wildman–Crippen MR) is 55.3 cm³/mol. The van der Waals surface area contributed by atoms with Crippen LogP contribution in [0.1, 0.15) is 0 Å². The van der Waals surface area contributed by atoms with Crippen LogP contribution >= 0.6 is 0 Å². The van der Waals surface area contributed by atoms with Gasteiger partial charge >= 0.3 is 5.97 Å². The van der Waals surface area contributed by atoms with Crippen molar-refractivity contribution in [2.24, 2.45) is 0 Å². The van der Waals surface area contributed by atoms with Gasteiger partial charge in [-0.25, -0.2) is 9.18 Å². The Balaban J connectivity index is 2.81. The fourth-order valence-corrected chi connectivity index (χ4v) is 0.969. The van der Waals surface area contributed by atoms with E-state index in [0.29, 0.717) is 0 Å². The third-order valence-electron chi connectivity index (χ3n) is 1.78. The van der Waals surface area contributed by atoms with Crippen molar-refractivity contribution in [2.45, 2.75) is 0 Å². The molecule has 0 amide bonds. The lowest BCUT2D eigenvalue weighted by Gasteiger charge is -2.05. The summed E-state index contributed by atoms with van der Waals surface area (Å²) in [5, 5.41) is 18.9. The van der Waals surface area contributed by atoms with Crippen LogP contribution in [0.2, 0.25) is 0 Å². The molecule has 0 radical (unpaired) electrons. The van der Waals surface area contributed by atoms with Crippen molar-refractivity contribution in [3.05, 3.63) is 46.3 Å². The van der Waals surface area contributed by atoms with Crippen LogP contribution < -0.4 is 4.74 Å². The second-order valence-corrected chi connectivity index (χ2v) is 3.10. The molecule has 1 aromatic rings. The van der Waals surface area contributed by atoms with Gasteiger partial charge in [0.25, 0.3) is 5.69 Å². The first-order valence-electron chi connectivity index (χ1n) is 4.39. The molecule has 0 aliphatic rings. The number of rotatable bonds is 5. The van der Waals surface area contributed by atoms with E-state index in [2.05, 4.69) is 6.58 Å². The minimum Gasteiger partial charge on any atom is -0.488 e. The number of hydrogen-bond donors (Lipinski definition) is 1. The zero-order valence-corrected chi connectivity index (χ0v) is 8.55. The van der Waals surface area contributed by atoms with E-state index < -0.39 is 22.4 Å². The van der Waals surface area contributed by atoms with Gasteiger partial charge in [0.05, 0.1) is 22.6 Å². The van der Waals surface area contributed by atoms with Crippen molar-refractivity contribution < 1.29 is 24.0 Å². The van der Waals surface area contributed by atoms with E-state index in [1.165, 1.54) is 0 Å². The van der Waals surface area contributed by atoms with Crippen LogP contribution in [0.3, 0.4) is 0 Å². The van der Waals surface area contributed by atoms with E-state index in [4.69, 9.17) is 9.84 Å². The maximum absolute atomic E-state index is 12.9. The predicted octanol–water partition coefficient (Wildman–Crippen LogP) is 1.75. The van der Waals surface area contributed by atoms with E-state index in [0.717, 1.165) is 18.2 Å². The second-order valence-electron chi connectivity index (χ2n) is 3.10. The first-order chi connectivity index (χ1) is 7.90. The fraction of sp³-hybridized carbons (Fsp3) is 0.100. The number of hydrogen-bond acceptors (Lipinski definition) is 4. The molecular formula is C10H8FNO5. The van der Waals surface area contributed by atoms with E-state index in [1.54, 1.807) is 0 Å². The minimum atomic E-state index is -1.25. The van der Waals surface area contributed by atoms with E-state index in [9.17, 15) is 19.3 Å². The molecule has 0 atom stereocenters. The van der Waals surface area contributed by atoms with Crippen molar-refractivity contribution >= 4 is 11.7 Å². The van der Waals surface area contributed by atoms with Crippen LogP contribution in [0.5, 0.6) is 5.75 Å². The van der Waals surface area contributed by atoms with Crippen molar-refractivity contribution in [2.75, 3.05) is 6.61 Å². The van der Waals surface area contributed by atoms with Crippen LogP contribution in [0.15, 0.2) is 30.4 Å². The lowest BCUT2D eigenvalue weighted by Crippen LogP contribution is -2.09. The summed E-state index contributed by atoms with van der Waals surface area (Å²) in [6.07, 6.45) is 0. The molecular weight excluding hydrogens is 233 g/mol. The number of nitro benzene ring substituents is 1. The Kier molecular flexibility index (Phi) is 3.76. The number of aliphatic carboxylic acids is 1. The highest BCUT2D eigenvalue weighted by atomic mass is 19.1. The quantitative estimate of drug-likeness (QED) is 0.482. The molecule has 0 bridgehead atoms. The molecule has 1 rings (SSSR count). The number of carbonyl (C=O) groups is 1. The lowest BCUT2D eigenvalue weighted by molar-refractivity contribution is -0.385. The van der Waals surface area contributed by atoms with Gasteiger partial charge in [-0.2, -0.15) is 0 Å². The largest absolute Gasteiger partial charge is 0.488 e. The van der Waals surface area contributed by atoms with Crippen molar-refractivity contribution in [3.8, 4) is 5.75 Å². The smallest absolute Gasteiger partial charge is 0.334 e. The van der Waals surface area contributed by atoms with Crippen molar-refractivity contribution in [1.29, 1.82) is 0 Å². The summed E-state index contributed by atoms with van der Waals surface area (Å²) in [7, 11) is 0. The van der Waals surface area contributed by atoms with Crippen LogP contribution in [-0.2, 0) is 4.79 Å². The number of benzene rings is 1. The van der Waals surface area contributed by atoms with Crippen LogP contribution in [0.25, 0.3) is 0 Å². The number of non-ortho nitro benzene ring substituents is 1. The van der Waals surface area contributed by atoms with E-state index in [-0.39, 0.29) is 17.9 Å². The number of halogens is 1. The highest BCUT2D eigenvalue weighted by Gasteiger charge is 2.11. The van der Waals surface area contributed by atoms with Crippen molar-refractivity contribution in [1.82, 2.24) is 0 Å². The first kappa shape index (κ1) is 12.6. The molecule has 0 unspecified atom stereocenters. The van der Waals surface area contributed by atoms with Gasteiger partial charge in [0.1, 0.15) is 18.2 Å². The van der Waals surface area contributed by atoms with Gasteiger partial charge in [0.15, 0.2) is 0 Å². The maximum atomic E-state index is 12.9. The van der Waals surface area contributed by atoms with Gasteiger partial charge in [-0.3, -0.25) is 10.1 Å². The summed E-state index contributed by atoms with van der Waals surface area (Å²) in [6, 6.07) is 2.65. The number of nitro groups is 1. The van der Waals surface area contributed by atoms with E-state index in [1.807, 2.05) is 0 Å². The monoisotopic (exact) mass is 241 g/mol. The third kappa shape index (κ3) is 3.56. The Labute approximate surface area is 95.1 Å². The minimum absolute atomic E-state index is 0.126. The first-order valence-corrected chi connectivity index (χ1v) is 4.39. The molecule has 0 saturated carbocycles. The third-order valence-corrected chi connectivity index (χ3v) is 1.78. The molecule has 0 saturated heterocycles. The second kappa shape index (κ2) is 5.06. The molecule has 0 fully saturated rings. The number of nitrogens with zero attached hydrogens (tertiary/aromatic N) is 1. The standard InChI is InChI=1S/C10H8FNO5/c1-6(10(13)14)5-17-9-3-7(11)2-8(4-9)12(15)16/h2-4H,1,5H2,(H,13,14). The molecule has 0 aliphatic heterocycles. The normalized spacial score (nSPS) is 9.71. The Hall–Kier alpha value is -2.44. The van der Waals surface area contributed by atoms with Gasteiger partial charge in [0, 0.05) is 6.07 Å². The Bertz CT molecular complexity index is 486. The summed E-state index contributed by atoms with van der Waals surface area (Å²) in [5.74, 6) is -2.22. The average Bonchev–Trinajstić information content (AvgIpc) is 2.24. The van der Waals surface area contributed by atoms with Gasteiger partial charge in [-0.1, -0.05) is 6.58 Å². The molecule has 0 spiro atoms. The highest BCUT2D eigenvalue weighted by molar-refractivity contribution is 5.86. The topological polar surface area (TPSA) is 89.7 Å². The lowest BCUT2D eigenvalue weighted by atomic mass is 10.3. The molecule has 1 N–H and O–H groups in total. The van der Waals surface area contributed by atoms with Crippen LogP contribution in [0.4, 0.5) is 10.1 Å². The van der Waals surface area contributed by atoms with Gasteiger partial charge < -0.3 is 9.84 Å². The molecule has 17 heavy (non-hydrogen) atoms. The fourth-order valence-electron chi connectivity index (χ4n) is 0.969. The maximum Gasteiger partial charge on any atom is 0.334 e. The molecule has 0 heterocycles. The average molecular weight is 241 g/mol. The highest BCUT2D eigenvalue weighted by Crippen LogP contribution is 2.22. The number of carboxylic acids is 1. The van der Waals surface area contributed by atoms with Crippen LogP contribution in [-0.4, -0.2) is 22.6 Å². The molecule has 6 nitrogen and oxygen atoms in total. The Morgan fingerprint density at radius 3 is 2.71 bits per heavy atom. The van der Waals surface area contributed by atoms with Gasteiger partial charge in [-0.05, 0) is 0 Å². The number of carboxylic acid groups (broad SMARTS) is 1. The Morgan fingerprint density at radius 2 is 2.18 bits per heavy atom. The van der Waals surface area contributed by atoms with Crippen LogP contribution in [0, 0.1) is 15.9 Å². The zero-order valence-electron chi connectivity index (χ0n) is 8.55. The van der Waals surface area contributed by atoms with E-state index >= 15 is 0 Å². The summed E-state index contributed by atoms with van der Waals surface area (Å²) >= 11 is 0. The molecule has 90 valence electrons. The summed E-state index contributed by atoms with van der Waals surface area (Å²) in [4.78, 5) is 20.0. The Morgan fingerprint density at radius 1 is 1.53 bits per heavy atom. The van der Waals surface area contributed by atoms with Gasteiger partial charge in [0.2, 0.25) is 0 Å². The summed E-state index contributed by atoms with van der Waals surface area (Å²) in [6.45, 7) is 2.82. The molecule has 1 aromatic carbocycles. The van der Waals surface area contributed by atoms with Gasteiger partial charge in [-0.15, -0.1) is 0 Å². The summed E-state index contributed by atoms with van der Waals surface area (Å²) in [5.41, 5.74) is -0.710. The molecule has 0 aliphatic carbocycles. The SMILES string of the molecule is C=C(COc1cc(F)cc([N+](=O)[O-])c1)C(=O)O. The zero-order chi connectivity index (χ0) is 13.0. The molecule has 0 aromatic heterocycles. The number of ether oxygens (including phenoxy) is 1. The van der Waals surface area contributed by atoms with Crippen molar-refractivity contribution in [3.63, 3.8) is 0 Å². The summed E-state index contributed by atoms with van der Waals surface area (Å²) < 4.78 is 17.8.